The average Bonchev–Trinajstić information content (AvgIpc) is 3.15. The van der Waals surface area contributed by atoms with Crippen LogP contribution in [0.5, 0.6) is 0 Å². The number of aromatic nitrogens is 2. The highest BCUT2D eigenvalue weighted by atomic mass is 32.1. The average molecular weight is 439 g/mol. The lowest BCUT2D eigenvalue weighted by Crippen LogP contribution is -2.17. The van der Waals surface area contributed by atoms with E-state index in [1.807, 2.05) is 12.1 Å². The highest BCUT2D eigenvalue weighted by Crippen LogP contribution is 2.33. The van der Waals surface area contributed by atoms with Crippen LogP contribution in [0.4, 0.5) is 0 Å². The number of thiophene rings is 1. The zero-order chi connectivity index (χ0) is 22.0. The van der Waals surface area contributed by atoms with Crippen molar-refractivity contribution in [2.75, 3.05) is 6.61 Å². The molecule has 0 unspecified atom stereocenters. The summed E-state index contributed by atoms with van der Waals surface area (Å²) >= 11 is 1.58. The maximum absolute atomic E-state index is 12.6. The Morgan fingerprint density at radius 1 is 1.16 bits per heavy atom. The fraction of sp³-hybridized carbons (Fsp3) is 0.417. The number of rotatable bonds is 7. The van der Waals surface area contributed by atoms with Crippen molar-refractivity contribution in [3.63, 3.8) is 0 Å². The van der Waals surface area contributed by atoms with Crippen LogP contribution >= 0.6 is 11.3 Å². The van der Waals surface area contributed by atoms with Gasteiger partial charge in [0.05, 0.1) is 11.8 Å². The van der Waals surface area contributed by atoms with E-state index in [9.17, 15) is 14.4 Å². The maximum atomic E-state index is 12.6. The van der Waals surface area contributed by atoms with Crippen molar-refractivity contribution in [3.8, 4) is 0 Å². The fourth-order valence-corrected chi connectivity index (χ4v) is 5.18. The van der Waals surface area contributed by atoms with E-state index < -0.39 is 5.97 Å². The summed E-state index contributed by atoms with van der Waals surface area (Å²) in [7, 11) is 0. The Kier molecular flexibility index (Phi) is 6.32. The fourth-order valence-electron chi connectivity index (χ4n) is 3.90. The number of ether oxygens (including phenoxy) is 1. The molecule has 7 heteroatoms. The Morgan fingerprint density at radius 3 is 2.65 bits per heavy atom. The Morgan fingerprint density at radius 2 is 1.90 bits per heavy atom. The topological polar surface area (TPSA) is 89.1 Å². The molecule has 1 aliphatic carbocycles. The molecule has 2 heterocycles. The van der Waals surface area contributed by atoms with E-state index in [1.54, 1.807) is 23.5 Å². The van der Waals surface area contributed by atoms with Crippen molar-refractivity contribution in [1.82, 2.24) is 9.97 Å². The molecule has 1 aromatic carbocycles. The number of nitrogens with one attached hydrogen (secondary N) is 1. The lowest BCUT2D eigenvalue weighted by molar-refractivity contribution is -0.142. The lowest BCUT2D eigenvalue weighted by Gasteiger charge is -2.09. The summed E-state index contributed by atoms with van der Waals surface area (Å²) in [5, 5.41) is 0.708. The Hall–Kier alpha value is -2.80. The molecule has 2 aromatic heterocycles. The molecular weight excluding hydrogens is 412 g/mol. The molecule has 4 rings (SSSR count). The van der Waals surface area contributed by atoms with Crippen LogP contribution in [-0.4, -0.2) is 28.3 Å². The van der Waals surface area contributed by atoms with Gasteiger partial charge in [-0.15, -0.1) is 11.3 Å². The van der Waals surface area contributed by atoms with Gasteiger partial charge in [0.1, 0.15) is 10.7 Å². The van der Waals surface area contributed by atoms with Crippen molar-refractivity contribution < 1.29 is 14.3 Å². The standard InChI is InChI=1S/C24H26N2O4S/c1-14(2)15-7-9-16(10-8-15)18(27)13-30-21(28)12-11-20-25-23(29)22-17-5-3-4-6-19(17)31-24(22)26-20/h7-10,14H,3-6,11-13H2,1-2H3,(H,25,26,29). The minimum Gasteiger partial charge on any atom is -0.457 e. The first-order valence-electron chi connectivity index (χ1n) is 10.7. The molecule has 0 saturated heterocycles. The molecule has 31 heavy (non-hydrogen) atoms. The van der Waals surface area contributed by atoms with Gasteiger partial charge in [-0.25, -0.2) is 4.98 Å². The van der Waals surface area contributed by atoms with E-state index in [0.29, 0.717) is 22.7 Å². The number of benzene rings is 1. The zero-order valence-electron chi connectivity index (χ0n) is 17.8. The monoisotopic (exact) mass is 438 g/mol. The van der Waals surface area contributed by atoms with E-state index in [4.69, 9.17) is 4.74 Å². The molecule has 1 N–H and O–H groups in total. The van der Waals surface area contributed by atoms with E-state index in [1.165, 1.54) is 4.88 Å². The van der Waals surface area contributed by atoms with E-state index in [-0.39, 0.29) is 30.8 Å². The van der Waals surface area contributed by atoms with Gasteiger partial charge in [0.2, 0.25) is 0 Å². The Labute approximate surface area is 184 Å². The van der Waals surface area contributed by atoms with Crippen LogP contribution < -0.4 is 5.56 Å². The smallest absolute Gasteiger partial charge is 0.306 e. The summed E-state index contributed by atoms with van der Waals surface area (Å²) in [6.45, 7) is 3.89. The number of esters is 1. The molecule has 6 nitrogen and oxygen atoms in total. The highest BCUT2D eigenvalue weighted by Gasteiger charge is 2.20. The third-order valence-electron chi connectivity index (χ3n) is 5.70. The molecule has 0 fully saturated rings. The van der Waals surface area contributed by atoms with Gasteiger partial charge < -0.3 is 9.72 Å². The van der Waals surface area contributed by atoms with Crippen LogP contribution in [0.3, 0.4) is 0 Å². The van der Waals surface area contributed by atoms with Crippen molar-refractivity contribution in [3.05, 3.63) is 62.0 Å². The van der Waals surface area contributed by atoms with E-state index >= 15 is 0 Å². The number of fused-ring (bicyclic) bond motifs is 3. The molecule has 1 aliphatic rings. The molecule has 0 radical (unpaired) electrons. The van der Waals surface area contributed by atoms with Crippen LogP contribution in [0.2, 0.25) is 0 Å². The van der Waals surface area contributed by atoms with Gasteiger partial charge in [-0.2, -0.15) is 0 Å². The molecule has 162 valence electrons. The minimum atomic E-state index is -0.486. The number of hydrogen-bond acceptors (Lipinski definition) is 6. The van der Waals surface area contributed by atoms with Crippen molar-refractivity contribution in [1.29, 1.82) is 0 Å². The maximum Gasteiger partial charge on any atom is 0.306 e. The minimum absolute atomic E-state index is 0.0547. The number of ketones is 1. The summed E-state index contributed by atoms with van der Waals surface area (Å²) < 4.78 is 5.14. The third kappa shape index (κ3) is 4.77. The van der Waals surface area contributed by atoms with Gasteiger partial charge in [-0.1, -0.05) is 38.1 Å². The number of Topliss-reactive ketones (excluding diaryl/α,β-unsaturated/α-hetero) is 1. The third-order valence-corrected chi connectivity index (χ3v) is 6.89. The summed E-state index contributed by atoms with van der Waals surface area (Å²) in [5.74, 6) is 0.144. The second-order valence-corrected chi connectivity index (χ2v) is 9.35. The quantitative estimate of drug-likeness (QED) is 0.438. The summed E-state index contributed by atoms with van der Waals surface area (Å²) in [5.41, 5.74) is 2.69. The molecule has 0 aliphatic heterocycles. The summed E-state index contributed by atoms with van der Waals surface area (Å²) in [6.07, 6.45) is 4.51. The zero-order valence-corrected chi connectivity index (χ0v) is 18.6. The molecule has 3 aromatic rings. The first-order chi connectivity index (χ1) is 14.9. The number of carbonyl (C=O) groups excluding carboxylic acids is 2. The Bertz CT molecular complexity index is 1170. The van der Waals surface area contributed by atoms with Crippen LogP contribution in [0, 0.1) is 0 Å². The van der Waals surface area contributed by atoms with Crippen molar-refractivity contribution in [2.24, 2.45) is 0 Å². The van der Waals surface area contributed by atoms with Gasteiger partial charge in [0.25, 0.3) is 5.56 Å². The predicted octanol–water partition coefficient (Wildman–Crippen LogP) is 4.35. The number of nitrogens with zero attached hydrogens (tertiary/aromatic N) is 1. The number of hydrogen-bond donors (Lipinski definition) is 1. The normalized spacial score (nSPS) is 13.4. The lowest BCUT2D eigenvalue weighted by atomic mass is 9.97. The SMILES string of the molecule is CC(C)c1ccc(C(=O)COC(=O)CCc2nc3sc4c(c3c(=O)[nH]2)CCCC4)cc1. The number of aromatic amines is 1. The van der Waals surface area contributed by atoms with Crippen LogP contribution in [0.1, 0.15) is 71.2 Å². The van der Waals surface area contributed by atoms with Gasteiger partial charge >= 0.3 is 5.97 Å². The second-order valence-electron chi connectivity index (χ2n) is 8.26. The first-order valence-corrected chi connectivity index (χ1v) is 11.6. The van der Waals surface area contributed by atoms with Crippen LogP contribution in [0.25, 0.3) is 10.2 Å². The molecular formula is C24H26N2O4S. The second kappa shape index (κ2) is 9.14. The van der Waals surface area contributed by atoms with Crippen LogP contribution in [-0.2, 0) is 28.8 Å². The summed E-state index contributed by atoms with van der Waals surface area (Å²) in [4.78, 5) is 46.3. The summed E-state index contributed by atoms with van der Waals surface area (Å²) in [6, 6.07) is 7.35. The van der Waals surface area contributed by atoms with Crippen molar-refractivity contribution in [2.45, 2.75) is 58.3 Å². The van der Waals surface area contributed by atoms with Gasteiger partial charge in [0.15, 0.2) is 12.4 Å². The molecule has 0 atom stereocenters. The van der Waals surface area contributed by atoms with Crippen LogP contribution in [0.15, 0.2) is 29.1 Å². The van der Waals surface area contributed by atoms with Gasteiger partial charge in [0, 0.05) is 16.9 Å². The van der Waals surface area contributed by atoms with E-state index in [2.05, 4.69) is 23.8 Å². The highest BCUT2D eigenvalue weighted by molar-refractivity contribution is 7.18. The number of aryl methyl sites for hydroxylation is 3. The van der Waals surface area contributed by atoms with Gasteiger partial charge in [-0.05, 0) is 42.7 Å². The first kappa shape index (κ1) is 21.4. The number of H-pyrrole nitrogens is 1. The van der Waals surface area contributed by atoms with E-state index in [0.717, 1.165) is 41.6 Å². The Balaban J connectivity index is 1.34. The van der Waals surface area contributed by atoms with Crippen molar-refractivity contribution >= 4 is 33.3 Å². The molecule has 0 bridgehead atoms. The molecule has 0 saturated carbocycles. The molecule has 0 amide bonds. The molecule has 0 spiro atoms. The largest absolute Gasteiger partial charge is 0.457 e. The predicted molar refractivity (Wildman–Crippen MR) is 121 cm³/mol. The number of carbonyl (C=O) groups is 2. The van der Waals surface area contributed by atoms with Gasteiger partial charge in [-0.3, -0.25) is 14.4 Å².